The van der Waals surface area contributed by atoms with Crippen LogP contribution in [-0.2, 0) is 9.59 Å². The SMILES string of the molecule is CCOc1ccc(/C(O)=C2\C(=O)C(=O)N(c3nc4ccc(Cl)cc4s3)C2c2cccc(C)c2)c(OCC)c1. The van der Waals surface area contributed by atoms with Gasteiger partial charge in [-0.25, -0.2) is 4.98 Å². The second-order valence-electron chi connectivity index (χ2n) is 8.72. The fourth-order valence-corrected chi connectivity index (χ4v) is 5.82. The molecule has 7 nitrogen and oxygen atoms in total. The van der Waals surface area contributed by atoms with E-state index in [1.165, 1.54) is 16.2 Å². The van der Waals surface area contributed by atoms with Gasteiger partial charge < -0.3 is 14.6 Å². The number of aryl methyl sites for hydroxylation is 1. The van der Waals surface area contributed by atoms with E-state index in [2.05, 4.69) is 4.98 Å². The van der Waals surface area contributed by atoms with Crippen LogP contribution < -0.4 is 14.4 Å². The largest absolute Gasteiger partial charge is 0.507 e. The van der Waals surface area contributed by atoms with E-state index in [1.807, 2.05) is 45.0 Å². The molecule has 4 aromatic rings. The minimum Gasteiger partial charge on any atom is -0.507 e. The minimum atomic E-state index is -0.896. The number of carbonyl (C=O) groups excluding carboxylic acids is 2. The number of nitrogens with zero attached hydrogens (tertiary/aromatic N) is 2. The predicted octanol–water partition coefficient (Wildman–Crippen LogP) is 6.68. The number of rotatable bonds is 7. The summed E-state index contributed by atoms with van der Waals surface area (Å²) in [5, 5.41) is 12.5. The monoisotopic (exact) mass is 548 g/mol. The summed E-state index contributed by atoms with van der Waals surface area (Å²) in [6.07, 6.45) is 0. The van der Waals surface area contributed by atoms with Crippen LogP contribution >= 0.6 is 22.9 Å². The Kier molecular flexibility index (Phi) is 7.10. The molecule has 9 heteroatoms. The third-order valence-electron chi connectivity index (χ3n) is 6.17. The normalized spacial score (nSPS) is 16.8. The second-order valence-corrected chi connectivity index (χ2v) is 10.2. The molecule has 1 amide bonds. The van der Waals surface area contributed by atoms with Gasteiger partial charge in [-0.05, 0) is 56.7 Å². The van der Waals surface area contributed by atoms with Gasteiger partial charge in [0.15, 0.2) is 5.13 Å². The van der Waals surface area contributed by atoms with Crippen LogP contribution in [0.3, 0.4) is 0 Å². The molecule has 5 rings (SSSR count). The second kappa shape index (κ2) is 10.5. The van der Waals surface area contributed by atoms with Gasteiger partial charge in [-0.15, -0.1) is 0 Å². The average Bonchev–Trinajstić information content (AvgIpc) is 3.42. The maximum absolute atomic E-state index is 13.6. The fraction of sp³-hybridized carbons (Fsp3) is 0.207. The van der Waals surface area contributed by atoms with Crippen molar-refractivity contribution in [3.05, 3.63) is 87.9 Å². The molecule has 38 heavy (non-hydrogen) atoms. The number of thiazole rings is 1. The van der Waals surface area contributed by atoms with Crippen molar-refractivity contribution in [2.45, 2.75) is 26.8 Å². The molecule has 1 aliphatic heterocycles. The van der Waals surface area contributed by atoms with Gasteiger partial charge in [-0.3, -0.25) is 14.5 Å². The first-order chi connectivity index (χ1) is 18.3. The number of hydrogen-bond donors (Lipinski definition) is 1. The molecule has 1 fully saturated rings. The van der Waals surface area contributed by atoms with Crippen molar-refractivity contribution >= 4 is 55.7 Å². The van der Waals surface area contributed by atoms with Crippen molar-refractivity contribution in [1.29, 1.82) is 0 Å². The Bertz CT molecular complexity index is 1600. The van der Waals surface area contributed by atoms with E-state index in [1.54, 1.807) is 36.4 Å². The minimum absolute atomic E-state index is 0.0389. The molecular formula is C29H25ClN2O5S. The van der Waals surface area contributed by atoms with Gasteiger partial charge in [0.25, 0.3) is 5.78 Å². The van der Waals surface area contributed by atoms with Crippen molar-refractivity contribution in [3.63, 3.8) is 0 Å². The van der Waals surface area contributed by atoms with Crippen molar-refractivity contribution in [2.75, 3.05) is 18.1 Å². The van der Waals surface area contributed by atoms with Crippen molar-refractivity contribution in [1.82, 2.24) is 4.98 Å². The maximum Gasteiger partial charge on any atom is 0.301 e. The van der Waals surface area contributed by atoms with E-state index in [9.17, 15) is 14.7 Å². The van der Waals surface area contributed by atoms with E-state index in [0.29, 0.717) is 51.5 Å². The lowest BCUT2D eigenvalue weighted by atomic mass is 9.94. The lowest BCUT2D eigenvalue weighted by Gasteiger charge is -2.23. The number of amides is 1. The molecule has 1 aromatic heterocycles. The van der Waals surface area contributed by atoms with Crippen LogP contribution in [-0.4, -0.2) is 35.0 Å². The standard InChI is InChI=1S/C29H25ClN2O5S/c1-4-36-19-10-11-20(22(15-19)37-5-2)26(33)24-25(17-8-6-7-16(3)13-17)32(28(35)27(24)34)29-31-21-12-9-18(30)14-23(21)38-29/h6-15,25,33H,4-5H2,1-3H3/b26-24+. The molecule has 1 saturated heterocycles. The van der Waals surface area contributed by atoms with Gasteiger partial charge in [0.1, 0.15) is 17.3 Å². The Balaban J connectivity index is 1.72. The van der Waals surface area contributed by atoms with Crippen molar-refractivity contribution < 1.29 is 24.2 Å². The van der Waals surface area contributed by atoms with Crippen molar-refractivity contribution in [3.8, 4) is 11.5 Å². The topological polar surface area (TPSA) is 89.0 Å². The summed E-state index contributed by atoms with van der Waals surface area (Å²) in [7, 11) is 0. The van der Waals surface area contributed by atoms with E-state index < -0.39 is 17.7 Å². The maximum atomic E-state index is 13.6. The summed E-state index contributed by atoms with van der Waals surface area (Å²) in [5.74, 6) is -0.987. The van der Waals surface area contributed by atoms with Crippen LogP contribution in [0.15, 0.2) is 66.2 Å². The van der Waals surface area contributed by atoms with Crippen LogP contribution in [0, 0.1) is 6.92 Å². The van der Waals surface area contributed by atoms with Crippen LogP contribution in [0.4, 0.5) is 5.13 Å². The number of halogens is 1. The Hall–Kier alpha value is -3.88. The fourth-order valence-electron chi connectivity index (χ4n) is 4.55. The van der Waals surface area contributed by atoms with Gasteiger partial charge >= 0.3 is 5.91 Å². The number of anilines is 1. The molecule has 0 saturated carbocycles. The van der Waals surface area contributed by atoms with Crippen LogP contribution in [0.5, 0.6) is 11.5 Å². The number of aliphatic hydroxyl groups excluding tert-OH is 1. The molecule has 1 N–H and O–H groups in total. The first-order valence-electron chi connectivity index (χ1n) is 12.2. The first-order valence-corrected chi connectivity index (χ1v) is 13.4. The number of Topliss-reactive ketones (excluding diaryl/α,β-unsaturated/α-hetero) is 1. The van der Waals surface area contributed by atoms with E-state index >= 15 is 0 Å². The molecule has 0 bridgehead atoms. The summed E-state index contributed by atoms with van der Waals surface area (Å²) in [6, 6.07) is 16.8. The Morgan fingerprint density at radius 2 is 1.84 bits per heavy atom. The lowest BCUT2D eigenvalue weighted by molar-refractivity contribution is -0.132. The molecule has 1 atom stereocenters. The molecule has 194 valence electrons. The number of benzene rings is 3. The van der Waals surface area contributed by atoms with Crippen LogP contribution in [0.25, 0.3) is 16.0 Å². The number of aromatic nitrogens is 1. The summed E-state index contributed by atoms with van der Waals surface area (Å²) in [5.41, 5.74) is 2.53. The number of hydrogen-bond acceptors (Lipinski definition) is 7. The zero-order chi connectivity index (χ0) is 27.0. The number of aliphatic hydroxyl groups is 1. The van der Waals surface area contributed by atoms with E-state index in [-0.39, 0.29) is 11.3 Å². The molecule has 2 heterocycles. The van der Waals surface area contributed by atoms with Crippen LogP contribution in [0.2, 0.25) is 5.02 Å². The van der Waals surface area contributed by atoms with Crippen molar-refractivity contribution in [2.24, 2.45) is 0 Å². The zero-order valence-electron chi connectivity index (χ0n) is 21.0. The molecule has 1 unspecified atom stereocenters. The molecule has 0 aliphatic carbocycles. The number of fused-ring (bicyclic) bond motifs is 1. The molecule has 1 aliphatic rings. The highest BCUT2D eigenvalue weighted by Gasteiger charge is 2.48. The summed E-state index contributed by atoms with van der Waals surface area (Å²) in [4.78, 5) is 33.1. The third-order valence-corrected chi connectivity index (χ3v) is 7.42. The quantitative estimate of drug-likeness (QED) is 0.157. The molecule has 0 spiro atoms. The Morgan fingerprint density at radius 1 is 1.05 bits per heavy atom. The van der Waals surface area contributed by atoms with Gasteiger partial charge in [0.05, 0.1) is 40.6 Å². The molecule has 3 aromatic carbocycles. The summed E-state index contributed by atoms with van der Waals surface area (Å²) < 4.78 is 12.1. The Morgan fingerprint density at radius 3 is 2.58 bits per heavy atom. The number of ether oxygens (including phenoxy) is 2. The van der Waals surface area contributed by atoms with E-state index in [0.717, 1.165) is 10.3 Å². The van der Waals surface area contributed by atoms with Crippen LogP contribution in [0.1, 0.15) is 36.6 Å². The predicted molar refractivity (Wildman–Crippen MR) is 149 cm³/mol. The zero-order valence-corrected chi connectivity index (χ0v) is 22.6. The summed E-state index contributed by atoms with van der Waals surface area (Å²) in [6.45, 7) is 6.41. The highest BCUT2D eigenvalue weighted by Crippen LogP contribution is 2.45. The smallest absolute Gasteiger partial charge is 0.301 e. The Labute approximate surface area is 228 Å². The lowest BCUT2D eigenvalue weighted by Crippen LogP contribution is -2.29. The first kappa shape index (κ1) is 25.8. The average molecular weight is 549 g/mol. The molecular weight excluding hydrogens is 524 g/mol. The highest BCUT2D eigenvalue weighted by molar-refractivity contribution is 7.22. The van der Waals surface area contributed by atoms with Gasteiger partial charge in [0.2, 0.25) is 0 Å². The van der Waals surface area contributed by atoms with Gasteiger partial charge in [-0.2, -0.15) is 0 Å². The number of ketones is 1. The molecule has 0 radical (unpaired) electrons. The highest BCUT2D eigenvalue weighted by atomic mass is 35.5. The van der Waals surface area contributed by atoms with Gasteiger partial charge in [-0.1, -0.05) is 52.8 Å². The van der Waals surface area contributed by atoms with E-state index in [4.69, 9.17) is 21.1 Å². The third kappa shape index (κ3) is 4.61. The number of carbonyl (C=O) groups is 2. The van der Waals surface area contributed by atoms with Gasteiger partial charge in [0, 0.05) is 11.1 Å². The summed E-state index contributed by atoms with van der Waals surface area (Å²) >= 11 is 7.43.